The first-order valence-corrected chi connectivity index (χ1v) is 7.10. The molecule has 0 heterocycles. The van der Waals surface area contributed by atoms with Crippen LogP contribution in [-0.2, 0) is 22.6 Å². The Morgan fingerprint density at radius 2 is 1.52 bits per heavy atom. The first kappa shape index (κ1) is 16.3. The van der Waals surface area contributed by atoms with Gasteiger partial charge in [-0.05, 0) is 23.6 Å². The Balaban J connectivity index is 1.91. The van der Waals surface area contributed by atoms with Gasteiger partial charge in [0.05, 0.1) is 0 Å². The molecule has 0 atom stereocenters. The summed E-state index contributed by atoms with van der Waals surface area (Å²) in [5.74, 6) is -1.21. The Morgan fingerprint density at radius 3 is 2.09 bits per heavy atom. The quantitative estimate of drug-likeness (QED) is 0.804. The molecule has 118 valence electrons. The smallest absolute Gasteiger partial charge is 0.412 e. The average Bonchev–Trinajstić information content (AvgIpc) is 2.58. The zero-order valence-electron chi connectivity index (χ0n) is 12.4. The summed E-state index contributed by atoms with van der Waals surface area (Å²) in [6.45, 7) is 0.0816. The summed E-state index contributed by atoms with van der Waals surface area (Å²) >= 11 is 0. The van der Waals surface area contributed by atoms with E-state index in [2.05, 4.69) is 5.32 Å². The number of ether oxygens (including phenoxy) is 1. The predicted molar refractivity (Wildman–Crippen MR) is 85.6 cm³/mol. The number of rotatable bonds is 6. The zero-order valence-corrected chi connectivity index (χ0v) is 12.4. The molecule has 0 unspecified atom stereocenters. The van der Waals surface area contributed by atoms with Gasteiger partial charge in [0.2, 0.25) is 0 Å². The first-order chi connectivity index (χ1) is 11.1. The van der Waals surface area contributed by atoms with Gasteiger partial charge in [-0.1, -0.05) is 60.7 Å². The van der Waals surface area contributed by atoms with E-state index in [1.807, 2.05) is 60.7 Å². The molecule has 2 aromatic rings. The van der Waals surface area contributed by atoms with E-state index in [0.717, 1.165) is 11.1 Å². The van der Waals surface area contributed by atoms with E-state index in [4.69, 9.17) is 9.84 Å². The number of nitrogens with one attached hydrogen (secondary N) is 1. The number of hydrogen-bond donors (Lipinski definition) is 2. The van der Waals surface area contributed by atoms with Crippen LogP contribution in [0.1, 0.15) is 11.1 Å². The van der Waals surface area contributed by atoms with E-state index in [1.54, 1.807) is 0 Å². The van der Waals surface area contributed by atoms with Crippen molar-refractivity contribution in [2.45, 2.75) is 13.0 Å². The summed E-state index contributed by atoms with van der Waals surface area (Å²) in [7, 11) is 0. The molecule has 0 fully saturated rings. The Kier molecular flexibility index (Phi) is 5.94. The molecular weight excluding hydrogens is 294 g/mol. The number of hydrogen-bond acceptors (Lipinski definition) is 3. The van der Waals surface area contributed by atoms with E-state index in [1.165, 1.54) is 6.08 Å². The molecule has 0 bridgehead atoms. The highest BCUT2D eigenvalue weighted by Crippen LogP contribution is 2.04. The van der Waals surface area contributed by atoms with Gasteiger partial charge in [0.25, 0.3) is 0 Å². The van der Waals surface area contributed by atoms with Gasteiger partial charge in [-0.3, -0.25) is 5.32 Å². The molecule has 2 rings (SSSR count). The Hall–Kier alpha value is -3.08. The maximum atomic E-state index is 11.7. The van der Waals surface area contributed by atoms with Gasteiger partial charge in [-0.25, -0.2) is 9.59 Å². The Bertz CT molecular complexity index is 681. The summed E-state index contributed by atoms with van der Waals surface area (Å²) in [5, 5.41) is 11.4. The second-order valence-electron chi connectivity index (χ2n) is 4.80. The van der Waals surface area contributed by atoms with E-state index >= 15 is 0 Å². The topological polar surface area (TPSA) is 75.6 Å². The fourth-order valence-corrected chi connectivity index (χ4v) is 1.89. The number of carboxylic acid groups (broad SMARTS) is 1. The van der Waals surface area contributed by atoms with Gasteiger partial charge >= 0.3 is 12.1 Å². The van der Waals surface area contributed by atoms with E-state index in [0.29, 0.717) is 6.42 Å². The second kappa shape index (κ2) is 8.38. The normalized spacial score (nSPS) is 10.9. The number of alkyl carbamates (subject to hydrolysis) is 1. The minimum absolute atomic E-state index is 0.0816. The van der Waals surface area contributed by atoms with Crippen molar-refractivity contribution >= 4 is 12.1 Å². The fraction of sp³-hybridized carbons (Fsp3) is 0.111. The van der Waals surface area contributed by atoms with Gasteiger partial charge in [0.1, 0.15) is 12.3 Å². The molecule has 0 saturated carbocycles. The molecule has 0 radical (unpaired) electrons. The van der Waals surface area contributed by atoms with Crippen molar-refractivity contribution in [3.63, 3.8) is 0 Å². The highest BCUT2D eigenvalue weighted by atomic mass is 16.5. The lowest BCUT2D eigenvalue weighted by Crippen LogP contribution is -2.28. The number of allylic oxidation sites excluding steroid dienone is 1. The van der Waals surface area contributed by atoms with Crippen LogP contribution in [0.2, 0.25) is 0 Å². The standard InChI is InChI=1S/C18H17NO4/c20-17(21)16(12-11-14-7-3-1-4-8-14)19-18(22)23-13-15-9-5-2-6-10-15/h1-10,12H,11,13H2,(H,19,22)(H,20,21)/b16-12-. The van der Waals surface area contributed by atoms with Gasteiger partial charge in [-0.2, -0.15) is 0 Å². The van der Waals surface area contributed by atoms with Gasteiger partial charge in [0, 0.05) is 0 Å². The third kappa shape index (κ3) is 5.67. The van der Waals surface area contributed by atoms with Crippen molar-refractivity contribution in [2.75, 3.05) is 0 Å². The number of carbonyl (C=O) groups excluding carboxylic acids is 1. The molecule has 5 nitrogen and oxygen atoms in total. The predicted octanol–water partition coefficient (Wildman–Crippen LogP) is 3.12. The molecule has 1 amide bonds. The first-order valence-electron chi connectivity index (χ1n) is 7.10. The minimum atomic E-state index is -1.21. The molecule has 0 aromatic heterocycles. The largest absolute Gasteiger partial charge is 0.477 e. The number of carboxylic acids is 1. The summed E-state index contributed by atoms with van der Waals surface area (Å²) in [5.41, 5.74) is 1.57. The van der Waals surface area contributed by atoms with Gasteiger partial charge in [-0.15, -0.1) is 0 Å². The number of amides is 1. The van der Waals surface area contributed by atoms with Crippen LogP contribution in [0, 0.1) is 0 Å². The minimum Gasteiger partial charge on any atom is -0.477 e. The molecule has 0 aliphatic heterocycles. The summed E-state index contributed by atoms with van der Waals surface area (Å²) in [6, 6.07) is 18.5. The lowest BCUT2D eigenvalue weighted by Gasteiger charge is -2.08. The maximum absolute atomic E-state index is 11.7. The summed E-state index contributed by atoms with van der Waals surface area (Å²) in [4.78, 5) is 22.9. The van der Waals surface area contributed by atoms with Crippen LogP contribution in [0.5, 0.6) is 0 Å². The molecule has 0 spiro atoms. The van der Waals surface area contributed by atoms with Gasteiger partial charge in [0.15, 0.2) is 0 Å². The van der Waals surface area contributed by atoms with Gasteiger partial charge < -0.3 is 9.84 Å². The molecule has 0 aliphatic carbocycles. The van der Waals surface area contributed by atoms with Crippen molar-refractivity contribution in [2.24, 2.45) is 0 Å². The molecule has 2 N–H and O–H groups in total. The zero-order chi connectivity index (χ0) is 16.5. The number of benzene rings is 2. The molecule has 2 aromatic carbocycles. The summed E-state index contributed by atoms with van der Waals surface area (Å²) in [6.07, 6.45) is 1.05. The SMILES string of the molecule is O=C(N/C(=C\Cc1ccccc1)C(=O)O)OCc1ccccc1. The van der Waals surface area contributed by atoms with Crippen molar-refractivity contribution in [3.8, 4) is 0 Å². The highest BCUT2D eigenvalue weighted by Gasteiger charge is 2.12. The van der Waals surface area contributed by atoms with Crippen LogP contribution >= 0.6 is 0 Å². The maximum Gasteiger partial charge on any atom is 0.412 e. The molecule has 0 aliphatic rings. The van der Waals surface area contributed by atoms with Crippen molar-refractivity contribution in [1.82, 2.24) is 5.32 Å². The van der Waals surface area contributed by atoms with Crippen molar-refractivity contribution in [3.05, 3.63) is 83.6 Å². The fourth-order valence-electron chi connectivity index (χ4n) is 1.89. The van der Waals surface area contributed by atoms with Crippen LogP contribution in [0.15, 0.2) is 72.4 Å². The van der Waals surface area contributed by atoms with E-state index in [-0.39, 0.29) is 12.3 Å². The molecule has 23 heavy (non-hydrogen) atoms. The van der Waals surface area contributed by atoms with Crippen molar-refractivity contribution < 1.29 is 19.4 Å². The third-order valence-corrected chi connectivity index (χ3v) is 3.06. The molecule has 5 heteroatoms. The lowest BCUT2D eigenvalue weighted by atomic mass is 10.1. The lowest BCUT2D eigenvalue weighted by molar-refractivity contribution is -0.133. The van der Waals surface area contributed by atoms with Crippen LogP contribution < -0.4 is 5.32 Å². The Labute approximate surface area is 134 Å². The monoisotopic (exact) mass is 311 g/mol. The second-order valence-corrected chi connectivity index (χ2v) is 4.80. The third-order valence-electron chi connectivity index (χ3n) is 3.06. The Morgan fingerprint density at radius 1 is 0.957 bits per heavy atom. The van der Waals surface area contributed by atoms with Crippen LogP contribution in [0.25, 0.3) is 0 Å². The summed E-state index contributed by atoms with van der Waals surface area (Å²) < 4.78 is 5.01. The molecule has 0 saturated heterocycles. The van der Waals surface area contributed by atoms with Crippen LogP contribution in [0.4, 0.5) is 4.79 Å². The average molecular weight is 311 g/mol. The van der Waals surface area contributed by atoms with Crippen LogP contribution in [0.3, 0.4) is 0 Å². The highest BCUT2D eigenvalue weighted by molar-refractivity contribution is 5.90. The van der Waals surface area contributed by atoms with Crippen molar-refractivity contribution in [1.29, 1.82) is 0 Å². The van der Waals surface area contributed by atoms with E-state index in [9.17, 15) is 9.59 Å². The number of aliphatic carboxylic acids is 1. The molecular formula is C18H17NO4. The number of carbonyl (C=O) groups is 2. The van der Waals surface area contributed by atoms with E-state index < -0.39 is 12.1 Å². The van der Waals surface area contributed by atoms with Crippen LogP contribution in [-0.4, -0.2) is 17.2 Å².